The summed E-state index contributed by atoms with van der Waals surface area (Å²) >= 11 is 0. The second kappa shape index (κ2) is 13.0. The van der Waals surface area contributed by atoms with Crippen molar-refractivity contribution in [3.8, 4) is 33.4 Å². The molecule has 218 valence electrons. The molecule has 0 aromatic heterocycles. The summed E-state index contributed by atoms with van der Waals surface area (Å²) in [5.41, 5.74) is 15.8. The standard InChI is InChI=1S/C42H40P2/c1-27-11-9-13-33(23-27)43-40-25-29(3)17-20-37(40)35-15-7-8-16-36(35)38-22-19-31(5)32(6)42(38)39-21-18-30(4)26-41(39)44-34-14-10-12-28(2)24-34/h7-26,43-44H,1-6H3. The van der Waals surface area contributed by atoms with Crippen LogP contribution in [0, 0.1) is 41.5 Å². The average Bonchev–Trinajstić information content (AvgIpc) is 2.99. The first-order chi connectivity index (χ1) is 21.3. The van der Waals surface area contributed by atoms with E-state index in [4.69, 9.17) is 0 Å². The number of benzene rings is 6. The van der Waals surface area contributed by atoms with Gasteiger partial charge in [0, 0.05) is 0 Å². The predicted octanol–water partition coefficient (Wildman–Crippen LogP) is 9.80. The molecule has 0 bridgehead atoms. The van der Waals surface area contributed by atoms with Crippen molar-refractivity contribution < 1.29 is 0 Å². The number of aryl methyl sites for hydroxylation is 5. The van der Waals surface area contributed by atoms with Gasteiger partial charge in [0.05, 0.1) is 0 Å². The lowest BCUT2D eigenvalue weighted by molar-refractivity contribution is 1.34. The molecule has 0 amide bonds. The van der Waals surface area contributed by atoms with Crippen LogP contribution >= 0.6 is 17.2 Å². The van der Waals surface area contributed by atoms with Crippen LogP contribution in [0.4, 0.5) is 0 Å². The SMILES string of the molecule is Cc1cccc(Pc2cc(C)ccc2-c2ccccc2-c2ccc(C)c(C)c2-c2ccc(C)cc2Pc2cccc(C)c2)c1. The Hall–Kier alpha value is -3.82. The minimum absolute atomic E-state index is 0.591. The quantitative estimate of drug-likeness (QED) is 0.159. The molecule has 0 saturated heterocycles. The second-order valence-corrected chi connectivity index (χ2v) is 14.8. The maximum Gasteiger partial charge on any atom is -0.00668 e. The summed E-state index contributed by atoms with van der Waals surface area (Å²) < 4.78 is 0. The van der Waals surface area contributed by atoms with Crippen LogP contribution in [0.3, 0.4) is 0 Å². The van der Waals surface area contributed by atoms with Crippen LogP contribution in [0.15, 0.2) is 121 Å². The molecule has 0 radical (unpaired) electrons. The average molecular weight is 607 g/mol. The molecule has 0 N–H and O–H groups in total. The van der Waals surface area contributed by atoms with Gasteiger partial charge in [0.25, 0.3) is 0 Å². The van der Waals surface area contributed by atoms with Crippen molar-refractivity contribution in [1.29, 1.82) is 0 Å². The van der Waals surface area contributed by atoms with Crippen molar-refractivity contribution in [3.05, 3.63) is 155 Å². The summed E-state index contributed by atoms with van der Waals surface area (Å²) in [6.45, 7) is 13.3. The monoisotopic (exact) mass is 606 g/mol. The van der Waals surface area contributed by atoms with E-state index in [1.807, 2.05) is 0 Å². The molecule has 0 saturated carbocycles. The summed E-state index contributed by atoms with van der Waals surface area (Å²) in [5, 5.41) is 5.55. The van der Waals surface area contributed by atoms with Crippen molar-refractivity contribution in [2.45, 2.75) is 41.5 Å². The van der Waals surface area contributed by atoms with Crippen LogP contribution in [0.1, 0.15) is 33.4 Å². The fourth-order valence-corrected chi connectivity index (χ4v) is 8.95. The van der Waals surface area contributed by atoms with E-state index in [1.54, 1.807) is 0 Å². The van der Waals surface area contributed by atoms with E-state index in [1.165, 1.54) is 88.0 Å². The van der Waals surface area contributed by atoms with E-state index in [2.05, 4.69) is 163 Å². The zero-order chi connectivity index (χ0) is 30.8. The van der Waals surface area contributed by atoms with Gasteiger partial charge in [-0.05, 0) is 107 Å². The molecule has 0 aliphatic rings. The van der Waals surface area contributed by atoms with Gasteiger partial charge < -0.3 is 0 Å². The number of rotatable bonds is 7. The number of hydrogen-bond donors (Lipinski definition) is 0. The number of hydrogen-bond acceptors (Lipinski definition) is 0. The van der Waals surface area contributed by atoms with Crippen molar-refractivity contribution in [2.75, 3.05) is 0 Å². The van der Waals surface area contributed by atoms with E-state index in [0.717, 1.165) is 0 Å². The maximum atomic E-state index is 2.40. The maximum absolute atomic E-state index is 2.40. The van der Waals surface area contributed by atoms with Crippen LogP contribution in [-0.2, 0) is 0 Å². The van der Waals surface area contributed by atoms with Crippen LogP contribution in [0.5, 0.6) is 0 Å². The highest BCUT2D eigenvalue weighted by atomic mass is 31.1. The minimum Gasteiger partial charge on any atom is -0.0616 e. The molecule has 2 unspecified atom stereocenters. The van der Waals surface area contributed by atoms with Crippen LogP contribution in [-0.4, -0.2) is 0 Å². The Morgan fingerprint density at radius 1 is 0.364 bits per heavy atom. The smallest absolute Gasteiger partial charge is 0.00668 e. The lowest BCUT2D eigenvalue weighted by atomic mass is 9.85. The van der Waals surface area contributed by atoms with Gasteiger partial charge in [0.1, 0.15) is 0 Å². The Kier molecular flexibility index (Phi) is 8.96. The van der Waals surface area contributed by atoms with Crippen molar-refractivity contribution in [1.82, 2.24) is 0 Å². The summed E-state index contributed by atoms with van der Waals surface area (Å²) in [7, 11) is 1.19. The van der Waals surface area contributed by atoms with Gasteiger partial charge in [-0.1, -0.05) is 161 Å². The zero-order valence-electron chi connectivity index (χ0n) is 26.5. The van der Waals surface area contributed by atoms with Crippen LogP contribution < -0.4 is 21.2 Å². The summed E-state index contributed by atoms with van der Waals surface area (Å²) in [6.07, 6.45) is 0. The molecule has 6 aromatic rings. The van der Waals surface area contributed by atoms with Crippen LogP contribution in [0.2, 0.25) is 0 Å². The molecule has 0 fully saturated rings. The normalized spacial score (nSPS) is 11.7. The third kappa shape index (κ3) is 6.49. The van der Waals surface area contributed by atoms with Gasteiger partial charge in [-0.2, -0.15) is 0 Å². The van der Waals surface area contributed by atoms with E-state index >= 15 is 0 Å². The Morgan fingerprint density at radius 2 is 0.841 bits per heavy atom. The van der Waals surface area contributed by atoms with Gasteiger partial charge in [-0.15, -0.1) is 0 Å². The predicted molar refractivity (Wildman–Crippen MR) is 199 cm³/mol. The fourth-order valence-electron chi connectivity index (χ4n) is 6.07. The summed E-state index contributed by atoms with van der Waals surface area (Å²) in [4.78, 5) is 0. The second-order valence-electron chi connectivity index (χ2n) is 12.1. The third-order valence-corrected chi connectivity index (χ3v) is 11.0. The molecule has 0 aliphatic heterocycles. The molecule has 0 heterocycles. The summed E-state index contributed by atoms with van der Waals surface area (Å²) in [6, 6.07) is 45.6. The van der Waals surface area contributed by atoms with Crippen molar-refractivity contribution >= 4 is 38.4 Å². The van der Waals surface area contributed by atoms with Crippen molar-refractivity contribution in [3.63, 3.8) is 0 Å². The van der Waals surface area contributed by atoms with E-state index in [-0.39, 0.29) is 0 Å². The Labute approximate surface area is 267 Å². The summed E-state index contributed by atoms with van der Waals surface area (Å²) in [5.74, 6) is 0. The van der Waals surface area contributed by atoms with Crippen LogP contribution in [0.25, 0.3) is 33.4 Å². The third-order valence-electron chi connectivity index (χ3n) is 8.46. The Bertz CT molecular complexity index is 1980. The van der Waals surface area contributed by atoms with E-state index in [0.29, 0.717) is 17.2 Å². The van der Waals surface area contributed by atoms with Gasteiger partial charge in [-0.3, -0.25) is 0 Å². The lowest BCUT2D eigenvalue weighted by Crippen LogP contribution is -2.10. The molecule has 0 nitrogen and oxygen atoms in total. The molecule has 2 atom stereocenters. The van der Waals surface area contributed by atoms with Gasteiger partial charge in [-0.25, -0.2) is 0 Å². The highest BCUT2D eigenvalue weighted by Crippen LogP contribution is 2.42. The largest absolute Gasteiger partial charge is 0.0616 e. The first-order valence-corrected chi connectivity index (χ1v) is 17.4. The topological polar surface area (TPSA) is 0 Å². The molecular formula is C42H40P2. The highest BCUT2D eigenvalue weighted by molar-refractivity contribution is 7.56. The zero-order valence-corrected chi connectivity index (χ0v) is 28.5. The molecule has 0 spiro atoms. The van der Waals surface area contributed by atoms with Gasteiger partial charge >= 0.3 is 0 Å². The van der Waals surface area contributed by atoms with Gasteiger partial charge in [0.2, 0.25) is 0 Å². The van der Waals surface area contributed by atoms with Crippen molar-refractivity contribution in [2.24, 2.45) is 0 Å². The fraction of sp³-hybridized carbons (Fsp3) is 0.143. The minimum atomic E-state index is 0.591. The Balaban J connectivity index is 1.54. The molecule has 44 heavy (non-hydrogen) atoms. The van der Waals surface area contributed by atoms with E-state index in [9.17, 15) is 0 Å². The molecular weight excluding hydrogens is 566 g/mol. The highest BCUT2D eigenvalue weighted by Gasteiger charge is 2.19. The first kappa shape index (κ1) is 30.2. The van der Waals surface area contributed by atoms with Gasteiger partial charge in [0.15, 0.2) is 0 Å². The Morgan fingerprint density at radius 3 is 1.41 bits per heavy atom. The molecule has 6 aromatic carbocycles. The first-order valence-electron chi connectivity index (χ1n) is 15.4. The van der Waals surface area contributed by atoms with E-state index < -0.39 is 0 Å². The molecule has 6 rings (SSSR count). The molecule has 2 heteroatoms. The lowest BCUT2D eigenvalue weighted by Gasteiger charge is -2.22. The molecule has 0 aliphatic carbocycles.